The summed E-state index contributed by atoms with van der Waals surface area (Å²) in [5.41, 5.74) is 4.01. The maximum Gasteiger partial charge on any atom is 0.193 e. The number of hydrogen-bond donors (Lipinski definition) is 1. The second-order valence-electron chi connectivity index (χ2n) is 8.00. The number of aliphatic imine (C=N–C) groups is 1. The first-order chi connectivity index (χ1) is 14.8. The normalized spacial score (nSPS) is 16.9. The predicted molar refractivity (Wildman–Crippen MR) is 144 cm³/mol. The van der Waals surface area contributed by atoms with E-state index in [0.717, 1.165) is 64.5 Å². The van der Waals surface area contributed by atoms with E-state index < -0.39 is 0 Å². The predicted octanol–water partition coefficient (Wildman–Crippen LogP) is 5.05. The lowest BCUT2D eigenvalue weighted by Gasteiger charge is -2.31. The van der Waals surface area contributed by atoms with Crippen molar-refractivity contribution in [2.75, 3.05) is 44.2 Å². The molecule has 2 aromatic rings. The number of aromatic nitrogens is 1. The van der Waals surface area contributed by atoms with Gasteiger partial charge in [-0.2, -0.15) is 0 Å². The van der Waals surface area contributed by atoms with Crippen LogP contribution >= 0.6 is 35.3 Å². The van der Waals surface area contributed by atoms with Gasteiger partial charge in [0.1, 0.15) is 0 Å². The van der Waals surface area contributed by atoms with Gasteiger partial charge in [0.05, 0.1) is 5.69 Å². The summed E-state index contributed by atoms with van der Waals surface area (Å²) in [6, 6.07) is 10.6. The average Bonchev–Trinajstić information content (AvgIpc) is 3.47. The van der Waals surface area contributed by atoms with Gasteiger partial charge in [-0.1, -0.05) is 42.0 Å². The van der Waals surface area contributed by atoms with Crippen molar-refractivity contribution in [3.63, 3.8) is 0 Å². The van der Waals surface area contributed by atoms with E-state index in [1.54, 1.807) is 11.3 Å². The second kappa shape index (κ2) is 12.4. The molecule has 2 aliphatic heterocycles. The van der Waals surface area contributed by atoms with Crippen LogP contribution in [0, 0.1) is 0 Å². The van der Waals surface area contributed by atoms with E-state index in [2.05, 4.69) is 63.8 Å². The number of piperidine rings is 1. The number of benzene rings is 1. The van der Waals surface area contributed by atoms with Gasteiger partial charge in [-0.25, -0.2) is 4.98 Å². The van der Waals surface area contributed by atoms with Crippen LogP contribution in [0.1, 0.15) is 43.9 Å². The highest BCUT2D eigenvalue weighted by Gasteiger charge is 2.18. The maximum atomic E-state index is 4.91. The van der Waals surface area contributed by atoms with E-state index in [0.29, 0.717) is 0 Å². The van der Waals surface area contributed by atoms with Gasteiger partial charge in [0.15, 0.2) is 11.1 Å². The molecule has 0 radical (unpaired) electrons. The van der Waals surface area contributed by atoms with Crippen LogP contribution in [0.15, 0.2) is 46.3 Å². The Morgan fingerprint density at radius 3 is 2.58 bits per heavy atom. The lowest BCUT2D eigenvalue weighted by Crippen LogP contribution is -2.44. The zero-order chi connectivity index (χ0) is 20.6. The van der Waals surface area contributed by atoms with Crippen molar-refractivity contribution in [2.24, 2.45) is 4.99 Å². The van der Waals surface area contributed by atoms with E-state index in [1.807, 2.05) is 0 Å². The molecule has 0 aliphatic carbocycles. The van der Waals surface area contributed by atoms with E-state index in [9.17, 15) is 0 Å². The van der Waals surface area contributed by atoms with Crippen LogP contribution in [-0.2, 0) is 6.42 Å². The fourth-order valence-corrected chi connectivity index (χ4v) is 5.02. The summed E-state index contributed by atoms with van der Waals surface area (Å²) in [4.78, 5) is 14.6. The Balaban J connectivity index is 0.00000272. The molecule has 0 saturated carbocycles. The van der Waals surface area contributed by atoms with Crippen molar-refractivity contribution in [3.8, 4) is 0 Å². The minimum absolute atomic E-state index is 0. The van der Waals surface area contributed by atoms with Crippen LogP contribution in [-0.4, -0.2) is 55.1 Å². The summed E-state index contributed by atoms with van der Waals surface area (Å²) >= 11 is 1.78. The Kier molecular flexibility index (Phi) is 9.64. The van der Waals surface area contributed by atoms with Crippen molar-refractivity contribution in [1.82, 2.24) is 15.2 Å². The molecule has 1 N–H and O–H groups in total. The summed E-state index contributed by atoms with van der Waals surface area (Å²) in [7, 11) is 0. The zero-order valence-electron chi connectivity index (χ0n) is 18.4. The Bertz CT molecular complexity index is 848. The highest BCUT2D eigenvalue weighted by atomic mass is 127. The number of anilines is 1. The first-order valence-corrected chi connectivity index (χ1v) is 12.2. The molecule has 7 heteroatoms. The number of nitrogens with one attached hydrogen (secondary N) is 1. The van der Waals surface area contributed by atoms with Crippen LogP contribution < -0.4 is 10.2 Å². The van der Waals surface area contributed by atoms with E-state index in [1.165, 1.54) is 34.8 Å². The van der Waals surface area contributed by atoms with Crippen molar-refractivity contribution in [3.05, 3.63) is 52.5 Å². The van der Waals surface area contributed by atoms with E-state index in [4.69, 9.17) is 9.98 Å². The molecule has 0 amide bonds. The Hall–Kier alpha value is -1.61. The molecule has 0 spiro atoms. The van der Waals surface area contributed by atoms with Crippen molar-refractivity contribution >= 4 is 52.5 Å². The number of hydrogen-bond acceptors (Lipinski definition) is 4. The first-order valence-electron chi connectivity index (χ1n) is 11.3. The standard InChI is InChI=1S/C24H33N5S.HI/c1-2-25-23(26-13-10-22-19-30-24(27-22)29-14-6-7-15-29)28-16-11-21(12-17-28)18-20-8-4-3-5-9-20;/h3-5,8-9,18-19H,2,6-7,10-17H2,1H3,(H,25,26);1H. The molecule has 0 unspecified atom stereocenters. The van der Waals surface area contributed by atoms with Gasteiger partial charge < -0.3 is 15.1 Å². The molecule has 1 aromatic heterocycles. The molecule has 2 saturated heterocycles. The van der Waals surface area contributed by atoms with E-state index in [-0.39, 0.29) is 24.0 Å². The smallest absolute Gasteiger partial charge is 0.193 e. The maximum absolute atomic E-state index is 4.91. The number of likely N-dealkylation sites (tertiary alicyclic amines) is 1. The number of guanidine groups is 1. The Labute approximate surface area is 207 Å². The summed E-state index contributed by atoms with van der Waals surface area (Å²) < 4.78 is 0. The second-order valence-corrected chi connectivity index (χ2v) is 8.84. The van der Waals surface area contributed by atoms with Gasteiger partial charge in [0, 0.05) is 51.1 Å². The van der Waals surface area contributed by atoms with Gasteiger partial charge in [0.2, 0.25) is 0 Å². The van der Waals surface area contributed by atoms with Crippen LogP contribution in [0.25, 0.3) is 6.08 Å². The summed E-state index contributed by atoms with van der Waals surface area (Å²) in [5.74, 6) is 1.05. The number of thiazole rings is 1. The highest BCUT2D eigenvalue weighted by Crippen LogP contribution is 2.24. The van der Waals surface area contributed by atoms with Crippen molar-refractivity contribution < 1.29 is 0 Å². The molecule has 0 atom stereocenters. The molecule has 31 heavy (non-hydrogen) atoms. The largest absolute Gasteiger partial charge is 0.357 e. The third-order valence-corrected chi connectivity index (χ3v) is 6.71. The zero-order valence-corrected chi connectivity index (χ0v) is 21.6. The minimum atomic E-state index is 0. The highest BCUT2D eigenvalue weighted by molar-refractivity contribution is 14.0. The molecule has 3 heterocycles. The molecule has 4 rings (SSSR count). The van der Waals surface area contributed by atoms with E-state index >= 15 is 0 Å². The Morgan fingerprint density at radius 1 is 1.13 bits per heavy atom. The van der Waals surface area contributed by atoms with Crippen LogP contribution in [0.3, 0.4) is 0 Å². The molecule has 2 aliphatic rings. The molecule has 0 bridgehead atoms. The third kappa shape index (κ3) is 6.94. The van der Waals surface area contributed by atoms with Crippen molar-refractivity contribution in [2.45, 2.75) is 39.0 Å². The quantitative estimate of drug-likeness (QED) is 0.310. The molecular weight excluding hydrogens is 517 g/mol. The lowest BCUT2D eigenvalue weighted by atomic mass is 10.0. The van der Waals surface area contributed by atoms with Gasteiger partial charge in [0.25, 0.3) is 0 Å². The molecule has 1 aromatic carbocycles. The fourth-order valence-electron chi connectivity index (χ4n) is 4.10. The summed E-state index contributed by atoms with van der Waals surface area (Å²) in [6.07, 6.45) is 8.05. The fraction of sp³-hybridized carbons (Fsp3) is 0.500. The van der Waals surface area contributed by atoms with Crippen LogP contribution in [0.4, 0.5) is 5.13 Å². The average molecular weight is 552 g/mol. The molecule has 5 nitrogen and oxygen atoms in total. The van der Waals surface area contributed by atoms with Gasteiger partial charge in [-0.3, -0.25) is 4.99 Å². The topological polar surface area (TPSA) is 43.8 Å². The Morgan fingerprint density at radius 2 is 1.87 bits per heavy atom. The number of nitrogens with zero attached hydrogens (tertiary/aromatic N) is 4. The molecular formula is C24H34IN5S. The van der Waals surface area contributed by atoms with Crippen molar-refractivity contribution in [1.29, 1.82) is 0 Å². The van der Waals surface area contributed by atoms with Gasteiger partial charge in [-0.15, -0.1) is 35.3 Å². The number of rotatable bonds is 6. The molecule has 2 fully saturated rings. The minimum Gasteiger partial charge on any atom is -0.357 e. The number of halogens is 1. The SMILES string of the molecule is CCNC(=NCCc1csc(N2CCCC2)n1)N1CCC(=Cc2ccccc2)CC1.I. The third-order valence-electron chi connectivity index (χ3n) is 5.76. The van der Waals surface area contributed by atoms with Gasteiger partial charge >= 0.3 is 0 Å². The summed E-state index contributed by atoms with van der Waals surface area (Å²) in [5, 5.41) is 6.88. The monoisotopic (exact) mass is 551 g/mol. The lowest BCUT2D eigenvalue weighted by molar-refractivity contribution is 0.375. The van der Waals surface area contributed by atoms with Crippen LogP contribution in [0.5, 0.6) is 0 Å². The first kappa shape index (κ1) is 24.0. The summed E-state index contributed by atoms with van der Waals surface area (Å²) in [6.45, 7) is 8.20. The van der Waals surface area contributed by atoms with Crippen LogP contribution in [0.2, 0.25) is 0 Å². The van der Waals surface area contributed by atoms with Gasteiger partial charge in [-0.05, 0) is 38.2 Å². The molecule has 168 valence electrons.